The van der Waals surface area contributed by atoms with E-state index in [-0.39, 0.29) is 11.9 Å². The van der Waals surface area contributed by atoms with Crippen molar-refractivity contribution < 1.29 is 4.79 Å². The van der Waals surface area contributed by atoms with Crippen LogP contribution in [0.4, 0.5) is 0 Å². The van der Waals surface area contributed by atoms with Gasteiger partial charge in [-0.3, -0.25) is 19.6 Å². The van der Waals surface area contributed by atoms with E-state index in [9.17, 15) is 4.79 Å². The summed E-state index contributed by atoms with van der Waals surface area (Å²) in [6.45, 7) is 1.43. The van der Waals surface area contributed by atoms with E-state index < -0.39 is 0 Å². The van der Waals surface area contributed by atoms with Crippen LogP contribution in [0.2, 0.25) is 0 Å². The third kappa shape index (κ3) is 2.68. The Kier molecular flexibility index (Phi) is 3.82. The zero-order valence-electron chi connectivity index (χ0n) is 13.2. The number of aromatic nitrogens is 5. The summed E-state index contributed by atoms with van der Waals surface area (Å²) >= 11 is 0. The fraction of sp³-hybridized carbons (Fsp3) is 0.294. The molecular formula is C17H18N6O. The van der Waals surface area contributed by atoms with E-state index in [1.807, 2.05) is 34.0 Å². The largest absolute Gasteiger partial charge is 0.336 e. The Bertz CT molecular complexity index is 811. The van der Waals surface area contributed by atoms with Crippen molar-refractivity contribution >= 4 is 5.91 Å². The Hall–Kier alpha value is -2.96. The lowest BCUT2D eigenvalue weighted by Gasteiger charge is -2.32. The highest BCUT2D eigenvalue weighted by Crippen LogP contribution is 2.25. The fourth-order valence-electron chi connectivity index (χ4n) is 3.21. The van der Waals surface area contributed by atoms with Crippen molar-refractivity contribution in [3.05, 3.63) is 54.7 Å². The van der Waals surface area contributed by atoms with Gasteiger partial charge in [-0.1, -0.05) is 0 Å². The van der Waals surface area contributed by atoms with Gasteiger partial charge in [0.2, 0.25) is 0 Å². The van der Waals surface area contributed by atoms with Crippen LogP contribution in [0.15, 0.2) is 49.2 Å². The number of aromatic amines is 1. The molecule has 0 aromatic carbocycles. The molecule has 1 saturated heterocycles. The molecule has 0 spiro atoms. The molecule has 3 aromatic rings. The molecule has 0 unspecified atom stereocenters. The van der Waals surface area contributed by atoms with Gasteiger partial charge >= 0.3 is 0 Å². The molecule has 1 N–H and O–H groups in total. The number of pyridine rings is 1. The number of rotatable bonds is 3. The van der Waals surface area contributed by atoms with E-state index in [0.717, 1.165) is 30.6 Å². The van der Waals surface area contributed by atoms with Gasteiger partial charge in [0.05, 0.1) is 23.5 Å². The molecule has 1 atom stereocenters. The predicted octanol–water partition coefficient (Wildman–Crippen LogP) is 2.15. The zero-order valence-corrected chi connectivity index (χ0v) is 13.2. The summed E-state index contributed by atoms with van der Waals surface area (Å²) in [6.07, 6.45) is 10.8. The third-order valence-electron chi connectivity index (χ3n) is 4.42. The molecule has 1 fully saturated rings. The van der Waals surface area contributed by atoms with Gasteiger partial charge in [-0.05, 0) is 31.0 Å². The summed E-state index contributed by atoms with van der Waals surface area (Å²) in [5.74, 6) is 0.00687. The van der Waals surface area contributed by atoms with Gasteiger partial charge in [0.15, 0.2) is 0 Å². The maximum absolute atomic E-state index is 13.0. The Balaban J connectivity index is 1.57. The smallest absolute Gasteiger partial charge is 0.257 e. The van der Waals surface area contributed by atoms with Crippen molar-refractivity contribution in [2.75, 3.05) is 13.1 Å². The summed E-state index contributed by atoms with van der Waals surface area (Å²) in [5, 5.41) is 11.3. The molecular weight excluding hydrogens is 304 g/mol. The van der Waals surface area contributed by atoms with Crippen LogP contribution in [-0.4, -0.2) is 48.9 Å². The van der Waals surface area contributed by atoms with Crippen molar-refractivity contribution in [1.29, 1.82) is 0 Å². The Morgan fingerprint density at radius 3 is 2.92 bits per heavy atom. The quantitative estimate of drug-likeness (QED) is 0.801. The van der Waals surface area contributed by atoms with Gasteiger partial charge in [-0.15, -0.1) is 0 Å². The molecule has 0 bridgehead atoms. The molecule has 0 radical (unpaired) electrons. The molecule has 4 rings (SSSR count). The lowest BCUT2D eigenvalue weighted by Crippen LogP contribution is -2.40. The number of carbonyl (C=O) groups is 1. The van der Waals surface area contributed by atoms with E-state index >= 15 is 0 Å². The minimum absolute atomic E-state index is 0.00687. The number of H-pyrrole nitrogens is 1. The van der Waals surface area contributed by atoms with E-state index in [1.165, 1.54) is 0 Å². The molecule has 3 aromatic heterocycles. The molecule has 122 valence electrons. The van der Waals surface area contributed by atoms with Crippen LogP contribution < -0.4 is 0 Å². The van der Waals surface area contributed by atoms with Gasteiger partial charge in [0.1, 0.15) is 0 Å². The molecule has 1 amide bonds. The van der Waals surface area contributed by atoms with Crippen LogP contribution in [0.1, 0.15) is 29.2 Å². The highest BCUT2D eigenvalue weighted by molar-refractivity contribution is 5.99. The molecule has 1 aliphatic rings. The maximum Gasteiger partial charge on any atom is 0.257 e. The molecule has 4 heterocycles. The first-order valence-corrected chi connectivity index (χ1v) is 8.05. The predicted molar refractivity (Wildman–Crippen MR) is 88.2 cm³/mol. The standard InChI is InChI=1S/C17H18N6O/c24-17(15-11-19-21-16(15)13-4-7-18-8-5-13)22-9-1-3-14(12-22)23-10-2-6-20-23/h2,4-8,10-11,14H,1,3,9,12H2,(H,19,21)/t14-/m0/s1. The number of nitrogens with one attached hydrogen (secondary N) is 1. The summed E-state index contributed by atoms with van der Waals surface area (Å²) in [6, 6.07) is 5.88. The van der Waals surface area contributed by atoms with Crippen molar-refractivity contribution in [1.82, 2.24) is 29.9 Å². The first-order chi connectivity index (χ1) is 11.8. The molecule has 0 saturated carbocycles. The first kappa shape index (κ1) is 14.6. The van der Waals surface area contributed by atoms with Crippen LogP contribution in [0.5, 0.6) is 0 Å². The minimum atomic E-state index is 0.00687. The molecule has 1 aliphatic heterocycles. The monoisotopic (exact) mass is 322 g/mol. The fourth-order valence-corrected chi connectivity index (χ4v) is 3.21. The molecule has 24 heavy (non-hydrogen) atoms. The lowest BCUT2D eigenvalue weighted by atomic mass is 10.0. The highest BCUT2D eigenvalue weighted by atomic mass is 16.2. The first-order valence-electron chi connectivity index (χ1n) is 8.05. The topological polar surface area (TPSA) is 79.7 Å². The van der Waals surface area contributed by atoms with Crippen molar-refractivity contribution in [2.24, 2.45) is 0 Å². The number of nitrogens with zero attached hydrogens (tertiary/aromatic N) is 5. The van der Waals surface area contributed by atoms with Crippen LogP contribution in [0.3, 0.4) is 0 Å². The number of likely N-dealkylation sites (tertiary alicyclic amines) is 1. The number of carbonyl (C=O) groups excluding carboxylic acids is 1. The van der Waals surface area contributed by atoms with Crippen LogP contribution in [0.25, 0.3) is 11.3 Å². The van der Waals surface area contributed by atoms with E-state index in [4.69, 9.17) is 0 Å². The zero-order chi connectivity index (χ0) is 16.4. The maximum atomic E-state index is 13.0. The highest BCUT2D eigenvalue weighted by Gasteiger charge is 2.28. The average Bonchev–Trinajstić information content (AvgIpc) is 3.34. The minimum Gasteiger partial charge on any atom is -0.336 e. The van der Waals surface area contributed by atoms with Gasteiger partial charge in [-0.2, -0.15) is 10.2 Å². The van der Waals surface area contributed by atoms with Gasteiger partial charge in [0, 0.05) is 43.4 Å². The summed E-state index contributed by atoms with van der Waals surface area (Å²) in [5.41, 5.74) is 2.25. The summed E-state index contributed by atoms with van der Waals surface area (Å²) in [4.78, 5) is 18.9. The number of hydrogen-bond donors (Lipinski definition) is 1. The third-order valence-corrected chi connectivity index (χ3v) is 4.42. The Labute approximate surface area is 139 Å². The van der Waals surface area contributed by atoms with E-state index in [2.05, 4.69) is 20.3 Å². The van der Waals surface area contributed by atoms with E-state index in [0.29, 0.717) is 12.1 Å². The second-order valence-electron chi connectivity index (χ2n) is 5.93. The SMILES string of the molecule is O=C(c1cn[nH]c1-c1ccncc1)N1CCC[C@H](n2cccn2)C1. The Morgan fingerprint density at radius 1 is 1.25 bits per heavy atom. The van der Waals surface area contributed by atoms with Gasteiger partial charge in [-0.25, -0.2) is 0 Å². The van der Waals surface area contributed by atoms with Crippen LogP contribution in [-0.2, 0) is 0 Å². The van der Waals surface area contributed by atoms with E-state index in [1.54, 1.807) is 24.8 Å². The van der Waals surface area contributed by atoms with Gasteiger partial charge < -0.3 is 4.90 Å². The average molecular weight is 322 g/mol. The Morgan fingerprint density at radius 2 is 2.12 bits per heavy atom. The molecule has 7 heteroatoms. The lowest BCUT2D eigenvalue weighted by molar-refractivity contribution is 0.0674. The number of hydrogen-bond acceptors (Lipinski definition) is 4. The van der Waals surface area contributed by atoms with Crippen LogP contribution >= 0.6 is 0 Å². The number of piperidine rings is 1. The summed E-state index contributed by atoms with van der Waals surface area (Å²) in [7, 11) is 0. The van der Waals surface area contributed by atoms with Gasteiger partial charge in [0.25, 0.3) is 5.91 Å². The summed E-state index contributed by atoms with van der Waals surface area (Å²) < 4.78 is 1.94. The second kappa shape index (κ2) is 6.27. The van der Waals surface area contributed by atoms with Crippen molar-refractivity contribution in [3.8, 4) is 11.3 Å². The number of amides is 1. The second-order valence-corrected chi connectivity index (χ2v) is 5.93. The van der Waals surface area contributed by atoms with Crippen molar-refractivity contribution in [3.63, 3.8) is 0 Å². The van der Waals surface area contributed by atoms with Crippen molar-refractivity contribution in [2.45, 2.75) is 18.9 Å². The normalized spacial score (nSPS) is 17.8. The molecule has 7 nitrogen and oxygen atoms in total. The molecule has 0 aliphatic carbocycles. The van der Waals surface area contributed by atoms with Crippen LogP contribution in [0, 0.1) is 0 Å².